The maximum Gasteiger partial charge on any atom is 0.491 e. The molecule has 1 aromatic carbocycles. The summed E-state index contributed by atoms with van der Waals surface area (Å²) in [5.74, 6) is -4.33. The number of anilines is 1. The summed E-state index contributed by atoms with van der Waals surface area (Å²) < 4.78 is 40.7. The number of pyridine rings is 1. The Morgan fingerprint density at radius 3 is 2.42 bits per heavy atom. The lowest BCUT2D eigenvalue weighted by atomic mass is 10.0. The fourth-order valence-electron chi connectivity index (χ4n) is 3.50. The third-order valence-corrected chi connectivity index (χ3v) is 5.17. The SMILES string of the molecule is CCc1cc(C(=O)OC(=O)C(F)(F)F)c(=O)[nH]c1-c1ccc(N2CCC(C)(N)C2)cc1. The summed E-state index contributed by atoms with van der Waals surface area (Å²) in [5, 5.41) is 0. The Balaban J connectivity index is 1.87. The zero-order valence-corrected chi connectivity index (χ0v) is 17.0. The van der Waals surface area contributed by atoms with Crippen molar-refractivity contribution in [2.24, 2.45) is 5.73 Å². The van der Waals surface area contributed by atoms with Crippen molar-refractivity contribution in [3.63, 3.8) is 0 Å². The zero-order chi connectivity index (χ0) is 23.0. The van der Waals surface area contributed by atoms with E-state index in [9.17, 15) is 27.6 Å². The largest absolute Gasteiger partial charge is 0.491 e. The van der Waals surface area contributed by atoms with Gasteiger partial charge in [-0.3, -0.25) is 4.79 Å². The second-order valence-corrected chi connectivity index (χ2v) is 7.81. The molecule has 3 rings (SSSR count). The number of aryl methyl sites for hydroxylation is 1. The Bertz CT molecular complexity index is 1060. The number of nitrogens with two attached hydrogens (primary N) is 1. The molecule has 10 heteroatoms. The van der Waals surface area contributed by atoms with E-state index in [1.807, 2.05) is 19.1 Å². The van der Waals surface area contributed by atoms with Crippen LogP contribution in [0.1, 0.15) is 36.2 Å². The number of hydrogen-bond acceptors (Lipinski definition) is 6. The van der Waals surface area contributed by atoms with E-state index in [0.29, 0.717) is 23.2 Å². The molecule has 0 spiro atoms. The Morgan fingerprint density at radius 1 is 1.26 bits per heavy atom. The number of carbonyl (C=O) groups excluding carboxylic acids is 2. The van der Waals surface area contributed by atoms with Crippen molar-refractivity contribution >= 4 is 17.6 Å². The second-order valence-electron chi connectivity index (χ2n) is 7.81. The molecule has 1 fully saturated rings. The van der Waals surface area contributed by atoms with Crippen LogP contribution in [-0.4, -0.2) is 41.7 Å². The molecule has 0 bridgehead atoms. The van der Waals surface area contributed by atoms with Crippen molar-refractivity contribution in [1.29, 1.82) is 0 Å². The van der Waals surface area contributed by atoms with Crippen molar-refractivity contribution in [1.82, 2.24) is 4.98 Å². The number of ether oxygens (including phenoxy) is 1. The summed E-state index contributed by atoms with van der Waals surface area (Å²) in [6.45, 7) is 5.30. The minimum absolute atomic E-state index is 0.253. The van der Waals surface area contributed by atoms with Gasteiger partial charge in [-0.1, -0.05) is 19.1 Å². The highest BCUT2D eigenvalue weighted by molar-refractivity contribution is 5.98. The van der Waals surface area contributed by atoms with E-state index in [4.69, 9.17) is 5.73 Å². The number of aromatic nitrogens is 1. The third-order valence-electron chi connectivity index (χ3n) is 5.17. The van der Waals surface area contributed by atoms with Gasteiger partial charge in [0.05, 0.1) is 5.69 Å². The zero-order valence-electron chi connectivity index (χ0n) is 17.0. The lowest BCUT2D eigenvalue weighted by Gasteiger charge is -2.22. The number of halogens is 3. The second kappa shape index (κ2) is 8.18. The topological polar surface area (TPSA) is 105 Å². The third kappa shape index (κ3) is 4.96. The Morgan fingerprint density at radius 2 is 1.90 bits per heavy atom. The van der Waals surface area contributed by atoms with Gasteiger partial charge in [-0.2, -0.15) is 13.2 Å². The monoisotopic (exact) mass is 437 g/mol. The molecular weight excluding hydrogens is 415 g/mol. The van der Waals surface area contributed by atoms with E-state index < -0.39 is 29.2 Å². The predicted octanol–water partition coefficient (Wildman–Crippen LogP) is 2.78. The van der Waals surface area contributed by atoms with E-state index >= 15 is 0 Å². The van der Waals surface area contributed by atoms with Crippen LogP contribution in [0, 0.1) is 0 Å². The van der Waals surface area contributed by atoms with Crippen LogP contribution in [0.3, 0.4) is 0 Å². The first kappa shape index (κ1) is 22.5. The van der Waals surface area contributed by atoms with Crippen LogP contribution < -0.4 is 16.2 Å². The molecule has 1 aliphatic heterocycles. The van der Waals surface area contributed by atoms with E-state index in [0.717, 1.165) is 31.3 Å². The number of alkyl halides is 3. The average Bonchev–Trinajstić information content (AvgIpc) is 3.06. The molecule has 1 saturated heterocycles. The van der Waals surface area contributed by atoms with Crippen LogP contribution in [0.4, 0.5) is 18.9 Å². The molecule has 31 heavy (non-hydrogen) atoms. The minimum atomic E-state index is -5.34. The molecule has 2 heterocycles. The lowest BCUT2D eigenvalue weighted by molar-refractivity contribution is -0.193. The van der Waals surface area contributed by atoms with Gasteiger partial charge < -0.3 is 20.4 Å². The molecule has 2 aromatic rings. The number of rotatable bonds is 4. The quantitative estimate of drug-likeness (QED) is 0.563. The van der Waals surface area contributed by atoms with Crippen LogP contribution in [0.5, 0.6) is 0 Å². The Kier molecular flexibility index (Phi) is 5.95. The summed E-state index contributed by atoms with van der Waals surface area (Å²) in [6.07, 6.45) is -4.09. The van der Waals surface area contributed by atoms with Crippen molar-refractivity contribution in [3.05, 3.63) is 51.8 Å². The summed E-state index contributed by atoms with van der Waals surface area (Å²) in [5.41, 5.74) is 6.88. The molecule has 1 aromatic heterocycles. The van der Waals surface area contributed by atoms with Crippen LogP contribution in [-0.2, 0) is 16.0 Å². The van der Waals surface area contributed by atoms with Crippen molar-refractivity contribution in [3.8, 4) is 11.3 Å². The van der Waals surface area contributed by atoms with Gasteiger partial charge in [0.1, 0.15) is 5.56 Å². The molecule has 0 amide bonds. The summed E-state index contributed by atoms with van der Waals surface area (Å²) in [6, 6.07) is 8.53. The first-order valence-corrected chi connectivity index (χ1v) is 9.65. The van der Waals surface area contributed by atoms with Crippen LogP contribution in [0.25, 0.3) is 11.3 Å². The lowest BCUT2D eigenvalue weighted by Crippen LogP contribution is -2.39. The summed E-state index contributed by atoms with van der Waals surface area (Å²) in [7, 11) is 0. The van der Waals surface area contributed by atoms with Crippen LogP contribution in [0.15, 0.2) is 35.1 Å². The fraction of sp³-hybridized carbons (Fsp3) is 0.381. The van der Waals surface area contributed by atoms with E-state index in [2.05, 4.69) is 14.6 Å². The van der Waals surface area contributed by atoms with Gasteiger partial charge >= 0.3 is 18.1 Å². The first-order valence-electron chi connectivity index (χ1n) is 9.65. The molecule has 0 radical (unpaired) electrons. The molecule has 3 N–H and O–H groups in total. The smallest absolute Gasteiger partial charge is 0.382 e. The average molecular weight is 437 g/mol. The van der Waals surface area contributed by atoms with Gasteiger partial charge in [0.15, 0.2) is 0 Å². The van der Waals surface area contributed by atoms with Gasteiger partial charge in [-0.25, -0.2) is 9.59 Å². The molecule has 1 unspecified atom stereocenters. The van der Waals surface area contributed by atoms with Gasteiger partial charge in [-0.15, -0.1) is 0 Å². The van der Waals surface area contributed by atoms with E-state index in [1.165, 1.54) is 0 Å². The minimum Gasteiger partial charge on any atom is -0.382 e. The number of benzene rings is 1. The van der Waals surface area contributed by atoms with E-state index in [-0.39, 0.29) is 5.54 Å². The molecule has 0 aliphatic carbocycles. The maximum absolute atomic E-state index is 12.3. The van der Waals surface area contributed by atoms with E-state index in [1.54, 1.807) is 19.1 Å². The van der Waals surface area contributed by atoms with Crippen molar-refractivity contribution in [2.45, 2.75) is 38.4 Å². The number of nitrogens with zero attached hydrogens (tertiary/aromatic N) is 1. The van der Waals surface area contributed by atoms with Crippen LogP contribution >= 0.6 is 0 Å². The highest BCUT2D eigenvalue weighted by atomic mass is 19.4. The normalized spacial score (nSPS) is 18.8. The fourth-order valence-corrected chi connectivity index (χ4v) is 3.50. The number of carbonyl (C=O) groups is 2. The van der Waals surface area contributed by atoms with Crippen LogP contribution in [0.2, 0.25) is 0 Å². The molecular formula is C21H22F3N3O4. The number of esters is 2. The highest BCUT2D eigenvalue weighted by Gasteiger charge is 2.43. The van der Waals surface area contributed by atoms with Gasteiger partial charge in [-0.05, 0) is 49.1 Å². The molecule has 1 atom stereocenters. The number of H-pyrrole nitrogens is 1. The van der Waals surface area contributed by atoms with Gasteiger partial charge in [0.25, 0.3) is 5.56 Å². The van der Waals surface area contributed by atoms with Gasteiger partial charge in [0.2, 0.25) is 0 Å². The van der Waals surface area contributed by atoms with Crippen molar-refractivity contribution in [2.75, 3.05) is 18.0 Å². The first-order chi connectivity index (χ1) is 14.4. The number of nitrogens with one attached hydrogen (secondary N) is 1. The van der Waals surface area contributed by atoms with Crippen molar-refractivity contribution < 1.29 is 27.5 Å². The highest BCUT2D eigenvalue weighted by Crippen LogP contribution is 2.28. The predicted molar refractivity (Wildman–Crippen MR) is 108 cm³/mol. The summed E-state index contributed by atoms with van der Waals surface area (Å²) in [4.78, 5) is 39.8. The number of hydrogen-bond donors (Lipinski definition) is 2. The standard InChI is InChI=1S/C21H22F3N3O4/c1-3-12-10-15(18(29)31-19(30)21(22,23)24)17(28)26-16(12)13-4-6-14(7-5-13)27-9-8-20(2,25)11-27/h4-7,10H,3,8-9,11,25H2,1-2H3,(H,26,28). The number of aromatic amines is 1. The maximum atomic E-state index is 12.3. The molecule has 1 aliphatic rings. The molecule has 166 valence electrons. The molecule has 7 nitrogen and oxygen atoms in total. The Labute approximate surface area is 176 Å². The van der Waals surface area contributed by atoms with Gasteiger partial charge in [0, 0.05) is 24.3 Å². The Hall–Kier alpha value is -3.14. The summed E-state index contributed by atoms with van der Waals surface area (Å²) >= 11 is 0. The molecule has 0 saturated carbocycles.